The number of aromatic nitrogens is 5. The lowest BCUT2D eigenvalue weighted by molar-refractivity contribution is -0.121. The van der Waals surface area contributed by atoms with Crippen molar-refractivity contribution >= 4 is 21.9 Å². The molecule has 1 saturated heterocycles. The molecule has 130 valence electrons. The Balaban J connectivity index is 1.63. The van der Waals surface area contributed by atoms with Crippen LogP contribution in [0, 0.1) is 12.8 Å². The van der Waals surface area contributed by atoms with E-state index >= 15 is 0 Å². The van der Waals surface area contributed by atoms with Crippen LogP contribution >= 0.6 is 0 Å². The molecule has 24 heavy (non-hydrogen) atoms. The number of hydrogen-bond donors (Lipinski definition) is 2. The van der Waals surface area contributed by atoms with Gasteiger partial charge in [-0.2, -0.15) is 14.4 Å². The molecule has 0 saturated carbocycles. The maximum Gasteiger partial charge on any atom is 0.262 e. The van der Waals surface area contributed by atoms with E-state index in [-0.39, 0.29) is 29.9 Å². The van der Waals surface area contributed by atoms with Crippen molar-refractivity contribution in [3.05, 3.63) is 18.3 Å². The lowest BCUT2D eigenvalue weighted by atomic mass is 9.97. The summed E-state index contributed by atoms with van der Waals surface area (Å²) in [6.07, 6.45) is 3.71. The molecule has 3 heterocycles. The van der Waals surface area contributed by atoms with E-state index < -0.39 is 10.0 Å². The molecule has 1 aliphatic rings. The van der Waals surface area contributed by atoms with Crippen LogP contribution in [-0.2, 0) is 21.9 Å². The van der Waals surface area contributed by atoms with Crippen molar-refractivity contribution in [3.8, 4) is 0 Å². The standard InChI is InChI=1S/C13H19N7O3S/c1-9-16-11(7-19(9)2)24(22,23)20-5-3-10(4-6-20)12(21)17-13-14-8-15-18-13/h7-8,10H,3-6H2,1-2H3,(H2,14,15,17,18,21). The van der Waals surface area contributed by atoms with Gasteiger partial charge in [0.2, 0.25) is 11.9 Å². The minimum Gasteiger partial charge on any atom is -0.337 e. The fourth-order valence-electron chi connectivity index (χ4n) is 2.63. The number of aryl methyl sites for hydroxylation is 2. The molecule has 10 nitrogen and oxygen atoms in total. The van der Waals surface area contributed by atoms with Crippen molar-refractivity contribution in [1.82, 2.24) is 29.0 Å². The summed E-state index contributed by atoms with van der Waals surface area (Å²) < 4.78 is 28.3. The Morgan fingerprint density at radius 3 is 2.62 bits per heavy atom. The molecule has 0 spiro atoms. The van der Waals surface area contributed by atoms with Crippen molar-refractivity contribution in [2.24, 2.45) is 13.0 Å². The lowest BCUT2D eigenvalue weighted by Gasteiger charge is -2.29. The number of aromatic amines is 1. The smallest absolute Gasteiger partial charge is 0.262 e. The van der Waals surface area contributed by atoms with Crippen molar-refractivity contribution in [1.29, 1.82) is 0 Å². The van der Waals surface area contributed by atoms with E-state index in [0.29, 0.717) is 24.6 Å². The Morgan fingerprint density at radius 1 is 1.38 bits per heavy atom. The molecular formula is C13H19N7O3S. The molecule has 2 N–H and O–H groups in total. The average molecular weight is 353 g/mol. The van der Waals surface area contributed by atoms with Crippen LogP contribution in [0.3, 0.4) is 0 Å². The van der Waals surface area contributed by atoms with Crippen LogP contribution in [-0.4, -0.2) is 56.5 Å². The Morgan fingerprint density at radius 2 is 2.08 bits per heavy atom. The number of hydrogen-bond acceptors (Lipinski definition) is 6. The number of rotatable bonds is 4. The molecule has 2 aromatic rings. The SMILES string of the molecule is Cc1nc(S(=O)(=O)N2CCC(C(=O)Nc3ncn[nH]3)CC2)cn1C. The summed E-state index contributed by atoms with van der Waals surface area (Å²) in [6.45, 7) is 2.32. The predicted molar refractivity (Wildman–Crippen MR) is 84.4 cm³/mol. The van der Waals surface area contributed by atoms with Gasteiger partial charge in [-0.1, -0.05) is 0 Å². The first-order valence-corrected chi connectivity index (χ1v) is 8.98. The molecule has 0 radical (unpaired) electrons. The average Bonchev–Trinajstić information content (AvgIpc) is 3.18. The van der Waals surface area contributed by atoms with Crippen LogP contribution in [0.5, 0.6) is 0 Å². The molecule has 1 aliphatic heterocycles. The maximum atomic E-state index is 12.6. The minimum atomic E-state index is -3.62. The highest BCUT2D eigenvalue weighted by atomic mass is 32.2. The van der Waals surface area contributed by atoms with Crippen LogP contribution in [0.4, 0.5) is 5.95 Å². The van der Waals surface area contributed by atoms with Crippen LogP contribution in [0.15, 0.2) is 17.6 Å². The molecule has 0 unspecified atom stereocenters. The molecule has 0 atom stereocenters. The lowest BCUT2D eigenvalue weighted by Crippen LogP contribution is -2.41. The molecule has 1 amide bonds. The molecule has 0 bridgehead atoms. The van der Waals surface area contributed by atoms with Gasteiger partial charge in [0.15, 0.2) is 5.03 Å². The summed E-state index contributed by atoms with van der Waals surface area (Å²) in [4.78, 5) is 20.1. The fourth-order valence-corrected chi connectivity index (χ4v) is 4.12. The summed E-state index contributed by atoms with van der Waals surface area (Å²) in [5.74, 6) is 0.485. The zero-order valence-electron chi connectivity index (χ0n) is 13.4. The summed E-state index contributed by atoms with van der Waals surface area (Å²) in [5.41, 5.74) is 0. The molecule has 0 aliphatic carbocycles. The number of imidazole rings is 1. The third-order valence-corrected chi connectivity index (χ3v) is 5.94. The summed E-state index contributed by atoms with van der Waals surface area (Å²) in [5, 5.41) is 8.90. The van der Waals surface area contributed by atoms with Crippen molar-refractivity contribution in [2.75, 3.05) is 18.4 Å². The number of carbonyl (C=O) groups excluding carboxylic acids is 1. The van der Waals surface area contributed by atoms with E-state index in [1.807, 2.05) is 0 Å². The summed E-state index contributed by atoms with van der Waals surface area (Å²) in [6, 6.07) is 0. The second-order valence-electron chi connectivity index (χ2n) is 5.74. The van der Waals surface area contributed by atoms with E-state index in [0.717, 1.165) is 0 Å². The van der Waals surface area contributed by atoms with Gasteiger partial charge in [-0.05, 0) is 19.8 Å². The van der Waals surface area contributed by atoms with Crippen molar-refractivity contribution in [3.63, 3.8) is 0 Å². The Labute approximate surface area is 139 Å². The molecule has 11 heteroatoms. The van der Waals surface area contributed by atoms with Gasteiger partial charge in [0.1, 0.15) is 12.2 Å². The first-order valence-electron chi connectivity index (χ1n) is 7.54. The Bertz CT molecular complexity index is 800. The van der Waals surface area contributed by atoms with Crippen molar-refractivity contribution in [2.45, 2.75) is 24.8 Å². The van der Waals surface area contributed by atoms with E-state index in [9.17, 15) is 13.2 Å². The zero-order valence-corrected chi connectivity index (χ0v) is 14.2. The monoisotopic (exact) mass is 353 g/mol. The summed E-state index contributed by atoms with van der Waals surface area (Å²) >= 11 is 0. The molecule has 0 aromatic carbocycles. The predicted octanol–water partition coefficient (Wildman–Crippen LogP) is -0.114. The fraction of sp³-hybridized carbons (Fsp3) is 0.538. The first kappa shape index (κ1) is 16.6. The second-order valence-corrected chi connectivity index (χ2v) is 7.62. The number of nitrogens with one attached hydrogen (secondary N) is 2. The second kappa shape index (κ2) is 6.32. The zero-order chi connectivity index (χ0) is 17.3. The number of anilines is 1. The van der Waals surface area contributed by atoms with Gasteiger partial charge in [-0.3, -0.25) is 10.1 Å². The number of nitrogens with zero attached hydrogens (tertiary/aromatic N) is 5. The number of piperidine rings is 1. The number of sulfonamides is 1. The van der Waals surface area contributed by atoms with E-state index in [1.165, 1.54) is 16.8 Å². The number of amides is 1. The first-order chi connectivity index (χ1) is 11.4. The van der Waals surface area contributed by atoms with Crippen LogP contribution in [0.25, 0.3) is 0 Å². The van der Waals surface area contributed by atoms with Crippen LogP contribution in [0.1, 0.15) is 18.7 Å². The topological polar surface area (TPSA) is 126 Å². The number of H-pyrrole nitrogens is 1. The molecule has 2 aromatic heterocycles. The van der Waals surface area contributed by atoms with E-state index in [2.05, 4.69) is 25.5 Å². The van der Waals surface area contributed by atoms with E-state index in [4.69, 9.17) is 0 Å². The normalized spacial score (nSPS) is 17.1. The Hall–Kier alpha value is -2.27. The van der Waals surface area contributed by atoms with Gasteiger partial charge < -0.3 is 4.57 Å². The van der Waals surface area contributed by atoms with Gasteiger partial charge in [-0.25, -0.2) is 18.5 Å². The van der Waals surface area contributed by atoms with Crippen molar-refractivity contribution < 1.29 is 13.2 Å². The molecular weight excluding hydrogens is 334 g/mol. The van der Waals surface area contributed by atoms with Gasteiger partial charge >= 0.3 is 0 Å². The van der Waals surface area contributed by atoms with Gasteiger partial charge in [0.05, 0.1) is 0 Å². The minimum absolute atomic E-state index is 0.0482. The largest absolute Gasteiger partial charge is 0.337 e. The van der Waals surface area contributed by atoms with Crippen LogP contribution < -0.4 is 5.32 Å². The quantitative estimate of drug-likeness (QED) is 0.789. The Kier molecular flexibility index (Phi) is 4.37. The summed E-state index contributed by atoms with van der Waals surface area (Å²) in [7, 11) is -1.87. The highest BCUT2D eigenvalue weighted by Crippen LogP contribution is 2.24. The highest BCUT2D eigenvalue weighted by molar-refractivity contribution is 7.89. The van der Waals surface area contributed by atoms with Gasteiger partial charge in [-0.15, -0.1) is 0 Å². The van der Waals surface area contributed by atoms with Gasteiger partial charge in [0, 0.05) is 32.3 Å². The van der Waals surface area contributed by atoms with Crippen LogP contribution in [0.2, 0.25) is 0 Å². The van der Waals surface area contributed by atoms with E-state index in [1.54, 1.807) is 18.5 Å². The molecule has 1 fully saturated rings. The third-order valence-electron chi connectivity index (χ3n) is 4.17. The molecule has 3 rings (SSSR count). The third kappa shape index (κ3) is 3.17. The van der Waals surface area contributed by atoms with Gasteiger partial charge in [0.25, 0.3) is 10.0 Å². The highest BCUT2D eigenvalue weighted by Gasteiger charge is 2.33. The maximum absolute atomic E-state index is 12.6. The number of carbonyl (C=O) groups is 1.